The number of hydrogen-bond acceptors (Lipinski definition) is 5. The Morgan fingerprint density at radius 1 is 1.13 bits per heavy atom. The minimum absolute atomic E-state index is 0.190. The molecule has 30 heavy (non-hydrogen) atoms. The number of ketones is 1. The third-order valence-corrected chi connectivity index (χ3v) is 5.67. The molecule has 1 atom stereocenters. The molecule has 1 amide bonds. The van der Waals surface area contributed by atoms with E-state index in [0.717, 1.165) is 12.8 Å². The molecule has 0 bridgehead atoms. The summed E-state index contributed by atoms with van der Waals surface area (Å²) in [6.45, 7) is 5.74. The van der Waals surface area contributed by atoms with Crippen LogP contribution in [0.3, 0.4) is 0 Å². The smallest absolute Gasteiger partial charge is 0.354 e. The lowest BCUT2D eigenvalue weighted by molar-refractivity contribution is 0.0592. The zero-order valence-corrected chi connectivity index (χ0v) is 18.1. The van der Waals surface area contributed by atoms with E-state index < -0.39 is 12.0 Å². The molecule has 0 saturated heterocycles. The van der Waals surface area contributed by atoms with Crippen LogP contribution in [0, 0.1) is 19.8 Å². The lowest BCUT2D eigenvalue weighted by Gasteiger charge is -2.29. The average molecular weight is 412 g/mol. The zero-order chi connectivity index (χ0) is 22.0. The number of aryl methyl sites for hydroxylation is 1. The van der Waals surface area contributed by atoms with Gasteiger partial charge in [0.25, 0.3) is 5.91 Å². The van der Waals surface area contributed by atoms with Gasteiger partial charge in [0.1, 0.15) is 11.4 Å². The Hall–Kier alpha value is -3.09. The summed E-state index contributed by atoms with van der Waals surface area (Å²) in [7, 11) is 2.87. The van der Waals surface area contributed by atoms with E-state index in [9.17, 15) is 14.4 Å². The van der Waals surface area contributed by atoms with E-state index in [4.69, 9.17) is 9.47 Å². The predicted octanol–water partition coefficient (Wildman–Crippen LogP) is 3.55. The van der Waals surface area contributed by atoms with Gasteiger partial charge < -0.3 is 19.4 Å². The average Bonchev–Trinajstić information content (AvgIpc) is 3.53. The standard InChI is InChI=1S/C23H28N2O5/c1-13-19(14(2)24-20(13)23(28)30-5)21(26)15(3)25(12-16-6-7-16)22(27)17-8-10-18(29-4)11-9-17/h8-11,15-16,24H,6-7,12H2,1-5H3/t15-/m1/s1. The number of nitrogens with zero attached hydrogens (tertiary/aromatic N) is 1. The van der Waals surface area contributed by atoms with Crippen molar-refractivity contribution in [2.45, 2.75) is 39.7 Å². The van der Waals surface area contributed by atoms with Crippen LogP contribution in [-0.2, 0) is 4.74 Å². The van der Waals surface area contributed by atoms with Crippen LogP contribution in [0.15, 0.2) is 24.3 Å². The molecular weight excluding hydrogens is 384 g/mol. The first kappa shape index (κ1) is 21.6. The Kier molecular flexibility index (Phi) is 6.29. The molecule has 1 N–H and O–H groups in total. The fourth-order valence-electron chi connectivity index (χ4n) is 3.67. The Bertz CT molecular complexity index is 957. The summed E-state index contributed by atoms with van der Waals surface area (Å²) < 4.78 is 9.96. The van der Waals surface area contributed by atoms with E-state index in [1.54, 1.807) is 57.0 Å². The highest BCUT2D eigenvalue weighted by Gasteiger charge is 2.35. The molecule has 7 heteroatoms. The predicted molar refractivity (Wildman–Crippen MR) is 112 cm³/mol. The number of H-pyrrole nitrogens is 1. The van der Waals surface area contributed by atoms with Gasteiger partial charge in [0, 0.05) is 23.4 Å². The number of benzene rings is 1. The van der Waals surface area contributed by atoms with Crippen molar-refractivity contribution in [2.75, 3.05) is 20.8 Å². The van der Waals surface area contributed by atoms with E-state index in [2.05, 4.69) is 4.98 Å². The zero-order valence-electron chi connectivity index (χ0n) is 18.1. The molecule has 7 nitrogen and oxygen atoms in total. The number of aromatic nitrogens is 1. The SMILES string of the molecule is COC(=O)c1[nH]c(C)c(C(=O)[C@@H](C)N(CC2CC2)C(=O)c2ccc(OC)cc2)c1C. The van der Waals surface area contributed by atoms with Crippen molar-refractivity contribution in [3.8, 4) is 5.75 Å². The third kappa shape index (κ3) is 4.25. The lowest BCUT2D eigenvalue weighted by Crippen LogP contribution is -2.44. The molecule has 0 radical (unpaired) electrons. The van der Waals surface area contributed by atoms with Crippen molar-refractivity contribution in [1.29, 1.82) is 0 Å². The van der Waals surface area contributed by atoms with E-state index in [-0.39, 0.29) is 17.4 Å². The van der Waals surface area contributed by atoms with Gasteiger partial charge in [0.15, 0.2) is 5.78 Å². The van der Waals surface area contributed by atoms with Gasteiger partial charge in [-0.15, -0.1) is 0 Å². The van der Waals surface area contributed by atoms with Gasteiger partial charge >= 0.3 is 5.97 Å². The Labute approximate surface area is 176 Å². The number of carbonyl (C=O) groups is 3. The normalized spacial score (nSPS) is 14.2. The monoisotopic (exact) mass is 412 g/mol. The second kappa shape index (κ2) is 8.73. The van der Waals surface area contributed by atoms with Gasteiger partial charge in [0.2, 0.25) is 0 Å². The van der Waals surface area contributed by atoms with Gasteiger partial charge in [-0.3, -0.25) is 9.59 Å². The first-order valence-electron chi connectivity index (χ1n) is 10.0. The largest absolute Gasteiger partial charge is 0.497 e. The van der Waals surface area contributed by atoms with Crippen LogP contribution in [0.2, 0.25) is 0 Å². The van der Waals surface area contributed by atoms with Crippen molar-refractivity contribution in [1.82, 2.24) is 9.88 Å². The minimum Gasteiger partial charge on any atom is -0.497 e. The minimum atomic E-state index is -0.668. The molecule has 1 aliphatic rings. The molecule has 0 spiro atoms. The van der Waals surface area contributed by atoms with Crippen LogP contribution in [0.25, 0.3) is 0 Å². The number of rotatable bonds is 8. The number of nitrogens with one attached hydrogen (secondary N) is 1. The van der Waals surface area contributed by atoms with Gasteiger partial charge in [-0.2, -0.15) is 0 Å². The second-order valence-corrected chi connectivity index (χ2v) is 7.79. The van der Waals surface area contributed by atoms with Crippen LogP contribution < -0.4 is 4.74 Å². The highest BCUT2D eigenvalue weighted by molar-refractivity contribution is 6.07. The number of amides is 1. The van der Waals surface area contributed by atoms with Crippen molar-refractivity contribution >= 4 is 17.7 Å². The topological polar surface area (TPSA) is 88.7 Å². The summed E-state index contributed by atoms with van der Waals surface area (Å²) in [6.07, 6.45) is 2.12. The van der Waals surface area contributed by atoms with Crippen LogP contribution in [0.4, 0.5) is 0 Å². The van der Waals surface area contributed by atoms with Gasteiger partial charge in [0.05, 0.1) is 20.3 Å². The fraction of sp³-hybridized carbons (Fsp3) is 0.435. The molecule has 0 aliphatic heterocycles. The van der Waals surface area contributed by atoms with Gasteiger partial charge in [-0.1, -0.05) is 0 Å². The number of aromatic amines is 1. The van der Waals surface area contributed by atoms with Crippen molar-refractivity contribution in [2.24, 2.45) is 5.92 Å². The van der Waals surface area contributed by atoms with E-state index in [1.165, 1.54) is 7.11 Å². The number of ether oxygens (including phenoxy) is 2. The van der Waals surface area contributed by atoms with Crippen molar-refractivity contribution in [3.63, 3.8) is 0 Å². The molecular formula is C23H28N2O5. The Morgan fingerprint density at radius 2 is 1.77 bits per heavy atom. The maximum absolute atomic E-state index is 13.4. The van der Waals surface area contributed by atoms with Crippen LogP contribution in [-0.4, -0.2) is 54.3 Å². The molecule has 2 aromatic rings. The number of esters is 1. The molecule has 160 valence electrons. The highest BCUT2D eigenvalue weighted by Crippen LogP contribution is 2.32. The molecule has 1 aromatic carbocycles. The first-order valence-corrected chi connectivity index (χ1v) is 10.0. The maximum atomic E-state index is 13.4. The molecule has 0 unspecified atom stereocenters. The van der Waals surface area contributed by atoms with E-state index >= 15 is 0 Å². The molecule has 1 aliphatic carbocycles. The van der Waals surface area contributed by atoms with Crippen LogP contribution in [0.1, 0.15) is 62.2 Å². The summed E-state index contributed by atoms with van der Waals surface area (Å²) in [5.74, 6) is 0.176. The number of carbonyl (C=O) groups excluding carboxylic acids is 3. The quantitative estimate of drug-likeness (QED) is 0.529. The summed E-state index contributed by atoms with van der Waals surface area (Å²) >= 11 is 0. The van der Waals surface area contributed by atoms with Crippen LogP contribution in [0.5, 0.6) is 5.75 Å². The van der Waals surface area contributed by atoms with Gasteiger partial charge in [-0.05, 0) is 69.4 Å². The summed E-state index contributed by atoms with van der Waals surface area (Å²) in [4.78, 5) is 43.3. The maximum Gasteiger partial charge on any atom is 0.354 e. The highest BCUT2D eigenvalue weighted by atomic mass is 16.5. The number of hydrogen-bond donors (Lipinski definition) is 1. The second-order valence-electron chi connectivity index (χ2n) is 7.79. The van der Waals surface area contributed by atoms with E-state index in [1.807, 2.05) is 0 Å². The Morgan fingerprint density at radius 3 is 2.30 bits per heavy atom. The van der Waals surface area contributed by atoms with E-state index in [0.29, 0.717) is 40.6 Å². The third-order valence-electron chi connectivity index (χ3n) is 5.67. The molecule has 1 fully saturated rings. The van der Waals surface area contributed by atoms with Crippen molar-refractivity contribution < 1.29 is 23.9 Å². The molecule has 3 rings (SSSR count). The molecule has 1 saturated carbocycles. The molecule has 1 aromatic heterocycles. The number of Topliss-reactive ketones (excluding diaryl/α,β-unsaturated/α-hetero) is 1. The summed E-state index contributed by atoms with van der Waals surface area (Å²) in [5, 5.41) is 0. The summed E-state index contributed by atoms with van der Waals surface area (Å²) in [5.41, 5.74) is 2.34. The first-order chi connectivity index (χ1) is 14.3. The van der Waals surface area contributed by atoms with Crippen molar-refractivity contribution in [3.05, 3.63) is 52.3 Å². The fourth-order valence-corrected chi connectivity index (χ4v) is 3.67. The van der Waals surface area contributed by atoms with Crippen LogP contribution >= 0.6 is 0 Å². The Balaban J connectivity index is 1.90. The lowest BCUT2D eigenvalue weighted by atomic mass is 9.99. The molecule has 1 heterocycles. The van der Waals surface area contributed by atoms with Gasteiger partial charge in [-0.25, -0.2) is 4.79 Å². The summed E-state index contributed by atoms with van der Waals surface area (Å²) in [6, 6.07) is 6.22. The number of methoxy groups -OCH3 is 2.